The fourth-order valence-electron chi connectivity index (χ4n) is 1.99. The van der Waals surface area contributed by atoms with E-state index >= 15 is 0 Å². The average Bonchev–Trinajstić information content (AvgIpc) is 2.66. The number of unbranched alkanes of at least 4 members (excludes halogenated alkanes) is 1. The summed E-state index contributed by atoms with van der Waals surface area (Å²) < 4.78 is 41.7. The van der Waals surface area contributed by atoms with Gasteiger partial charge in [0.15, 0.2) is 6.04 Å². The molecule has 1 heterocycles. The second-order valence-corrected chi connectivity index (χ2v) is 5.95. The van der Waals surface area contributed by atoms with E-state index in [0.717, 1.165) is 6.04 Å². The van der Waals surface area contributed by atoms with Crippen molar-refractivity contribution in [3.05, 3.63) is 0 Å². The van der Waals surface area contributed by atoms with Crippen LogP contribution in [0.25, 0.3) is 0 Å². The second kappa shape index (κ2) is 8.87. The normalized spacial score (nSPS) is 19.7. The highest BCUT2D eigenvalue weighted by molar-refractivity contribution is 8.13. The number of hydrogen-bond acceptors (Lipinski definition) is 1. The zero-order valence-corrected chi connectivity index (χ0v) is 13.0. The minimum Gasteiger partial charge on any atom is -0.418 e. The van der Waals surface area contributed by atoms with E-state index in [1.54, 1.807) is 5.04 Å². The number of thioether (sulfide) groups is 1. The lowest BCUT2D eigenvalue weighted by molar-refractivity contribution is -0.558. The topological polar surface area (TPSA) is 3.01 Å². The molecule has 1 aliphatic heterocycles. The van der Waals surface area contributed by atoms with Crippen molar-refractivity contribution in [1.82, 2.24) is 0 Å². The SMILES string of the molecule is CCCC[N+]1=C(C(C)C)SC[C@H]1CC.F[B-](F)(F)F. The predicted molar refractivity (Wildman–Crippen MR) is 76.6 cm³/mol. The van der Waals surface area contributed by atoms with Crippen molar-refractivity contribution in [2.45, 2.75) is 53.0 Å². The van der Waals surface area contributed by atoms with Gasteiger partial charge in [0.05, 0.1) is 5.75 Å². The average molecular weight is 301 g/mol. The summed E-state index contributed by atoms with van der Waals surface area (Å²) in [4.78, 5) is 0. The summed E-state index contributed by atoms with van der Waals surface area (Å²) in [6.45, 7) is 10.5. The summed E-state index contributed by atoms with van der Waals surface area (Å²) in [6.07, 6.45) is 3.95. The molecule has 19 heavy (non-hydrogen) atoms. The predicted octanol–water partition coefficient (Wildman–Crippen LogP) is 4.68. The first-order valence-corrected chi connectivity index (χ1v) is 7.82. The summed E-state index contributed by atoms with van der Waals surface area (Å²) >= 11 is 2.08. The van der Waals surface area contributed by atoms with E-state index in [9.17, 15) is 17.3 Å². The van der Waals surface area contributed by atoms with Crippen LogP contribution in [0.5, 0.6) is 0 Å². The van der Waals surface area contributed by atoms with Gasteiger partial charge in [-0.05, 0) is 0 Å². The van der Waals surface area contributed by atoms with Gasteiger partial charge >= 0.3 is 7.25 Å². The van der Waals surface area contributed by atoms with Crippen LogP contribution in [0.15, 0.2) is 0 Å². The number of hydrogen-bond donors (Lipinski definition) is 0. The van der Waals surface area contributed by atoms with Gasteiger partial charge in [-0.3, -0.25) is 0 Å². The summed E-state index contributed by atoms with van der Waals surface area (Å²) in [7, 11) is -6.00. The van der Waals surface area contributed by atoms with Crippen LogP contribution in [0, 0.1) is 5.92 Å². The Morgan fingerprint density at radius 2 is 1.79 bits per heavy atom. The number of nitrogens with zero attached hydrogens (tertiary/aromatic N) is 1. The van der Waals surface area contributed by atoms with E-state index in [4.69, 9.17) is 0 Å². The molecule has 0 aromatic carbocycles. The Morgan fingerprint density at radius 1 is 1.26 bits per heavy atom. The lowest BCUT2D eigenvalue weighted by Gasteiger charge is -2.09. The van der Waals surface area contributed by atoms with E-state index in [0.29, 0.717) is 5.92 Å². The molecule has 1 aliphatic rings. The summed E-state index contributed by atoms with van der Waals surface area (Å²) in [6, 6.07) is 0.809. The third-order valence-corrected chi connectivity index (χ3v) is 4.42. The van der Waals surface area contributed by atoms with Gasteiger partial charge < -0.3 is 17.3 Å². The summed E-state index contributed by atoms with van der Waals surface area (Å²) in [5.41, 5.74) is 0. The molecule has 0 amide bonds. The van der Waals surface area contributed by atoms with Crippen LogP contribution in [0.1, 0.15) is 47.0 Å². The Bertz CT molecular complexity index is 286. The highest BCUT2D eigenvalue weighted by atomic mass is 32.2. The maximum absolute atomic E-state index is 9.75. The Morgan fingerprint density at radius 3 is 2.16 bits per heavy atom. The fraction of sp³-hybridized carbons (Fsp3) is 0.917. The van der Waals surface area contributed by atoms with Crippen molar-refractivity contribution in [3.63, 3.8) is 0 Å². The highest BCUT2D eigenvalue weighted by Crippen LogP contribution is 2.24. The van der Waals surface area contributed by atoms with E-state index in [2.05, 4.69) is 44.0 Å². The fourth-order valence-corrected chi connectivity index (χ4v) is 3.51. The monoisotopic (exact) mass is 301 g/mol. The zero-order valence-electron chi connectivity index (χ0n) is 12.1. The Balaban J connectivity index is 0.000000555. The van der Waals surface area contributed by atoms with Crippen LogP contribution >= 0.6 is 11.8 Å². The molecule has 1 rings (SSSR count). The first-order chi connectivity index (χ1) is 8.70. The van der Waals surface area contributed by atoms with Gasteiger partial charge in [-0.25, -0.2) is 4.58 Å². The molecule has 0 aromatic rings. The zero-order chi connectivity index (χ0) is 15.1. The molecule has 0 radical (unpaired) electrons. The summed E-state index contributed by atoms with van der Waals surface area (Å²) in [5, 5.41) is 1.63. The van der Waals surface area contributed by atoms with Crippen molar-refractivity contribution in [2.24, 2.45) is 5.92 Å². The van der Waals surface area contributed by atoms with Gasteiger partial charge in [-0.1, -0.05) is 45.9 Å². The smallest absolute Gasteiger partial charge is 0.418 e. The molecule has 0 saturated carbocycles. The molecule has 114 valence electrons. The maximum Gasteiger partial charge on any atom is 0.673 e. The second-order valence-electron chi connectivity index (χ2n) is 4.91. The quantitative estimate of drug-likeness (QED) is 0.405. The molecule has 0 aromatic heterocycles. The highest BCUT2D eigenvalue weighted by Gasteiger charge is 2.33. The minimum absolute atomic E-state index is 0.716. The molecular weight excluding hydrogens is 277 g/mol. The van der Waals surface area contributed by atoms with E-state index in [1.807, 2.05) is 0 Å². The molecule has 7 heteroatoms. The lowest BCUT2D eigenvalue weighted by atomic mass is 10.2. The van der Waals surface area contributed by atoms with Crippen molar-refractivity contribution < 1.29 is 21.8 Å². The first kappa shape index (κ1) is 18.8. The van der Waals surface area contributed by atoms with E-state index in [1.165, 1.54) is 31.6 Å². The Kier molecular flexibility index (Phi) is 8.78. The van der Waals surface area contributed by atoms with Crippen LogP contribution in [0.2, 0.25) is 0 Å². The largest absolute Gasteiger partial charge is 0.673 e. The Labute approximate surface area is 117 Å². The number of halogens is 4. The molecule has 0 spiro atoms. The van der Waals surface area contributed by atoms with Crippen molar-refractivity contribution >= 4 is 24.1 Å². The third-order valence-electron chi connectivity index (χ3n) is 2.87. The van der Waals surface area contributed by atoms with Crippen LogP contribution in [0.3, 0.4) is 0 Å². The van der Waals surface area contributed by atoms with Crippen molar-refractivity contribution in [1.29, 1.82) is 0 Å². The molecule has 0 bridgehead atoms. The van der Waals surface area contributed by atoms with Crippen molar-refractivity contribution in [3.8, 4) is 0 Å². The van der Waals surface area contributed by atoms with Gasteiger partial charge in [-0.15, -0.1) is 0 Å². The van der Waals surface area contributed by atoms with E-state index < -0.39 is 7.25 Å². The van der Waals surface area contributed by atoms with Crippen LogP contribution in [-0.2, 0) is 0 Å². The molecule has 0 aliphatic carbocycles. The Hall–Kier alpha value is -0.195. The van der Waals surface area contributed by atoms with Gasteiger partial charge in [0.1, 0.15) is 6.54 Å². The van der Waals surface area contributed by atoms with Crippen molar-refractivity contribution in [2.75, 3.05) is 12.3 Å². The maximum atomic E-state index is 9.75. The van der Waals surface area contributed by atoms with Crippen LogP contribution < -0.4 is 0 Å². The van der Waals surface area contributed by atoms with Crippen LogP contribution in [-0.4, -0.2) is 35.2 Å². The number of rotatable bonds is 5. The molecular formula is C12H24BF4NS. The van der Waals surface area contributed by atoms with Gasteiger partial charge in [0.25, 0.3) is 0 Å². The van der Waals surface area contributed by atoms with Crippen LogP contribution in [0.4, 0.5) is 17.3 Å². The molecule has 0 fully saturated rings. The molecule has 0 N–H and O–H groups in total. The molecule has 0 unspecified atom stereocenters. The minimum atomic E-state index is -6.00. The third kappa shape index (κ3) is 8.55. The standard InChI is InChI=1S/C12H24NS.BF4/c1-5-7-8-13-11(6-2)9-14-12(13)10(3)4;2-1(3,4)5/h10-11H,5-9H2,1-4H3;/q+1;-1/t11-;/m1./s1. The van der Waals surface area contributed by atoms with Gasteiger partial charge in [0.2, 0.25) is 5.04 Å². The molecule has 1 nitrogen and oxygen atoms in total. The van der Waals surface area contributed by atoms with E-state index in [-0.39, 0.29) is 0 Å². The van der Waals surface area contributed by atoms with Gasteiger partial charge in [-0.2, -0.15) is 0 Å². The lowest BCUT2D eigenvalue weighted by Crippen LogP contribution is -2.28. The van der Waals surface area contributed by atoms with Gasteiger partial charge in [0, 0.05) is 18.8 Å². The molecule has 0 saturated heterocycles. The first-order valence-electron chi connectivity index (χ1n) is 6.84. The molecule has 1 atom stereocenters. The summed E-state index contributed by atoms with van der Waals surface area (Å²) in [5.74, 6) is 2.03.